The van der Waals surface area contributed by atoms with Crippen LogP contribution in [-0.2, 0) is 35.5 Å². The van der Waals surface area contributed by atoms with Gasteiger partial charge in [-0.15, -0.1) is 11.3 Å². The average Bonchev–Trinajstić information content (AvgIpc) is 3.35. The molecule has 0 unspecified atom stereocenters. The Bertz CT molecular complexity index is 1320. The van der Waals surface area contributed by atoms with Gasteiger partial charge in [0, 0.05) is 27.8 Å². The molecular weight excluding hydrogens is 508 g/mol. The first-order valence-corrected chi connectivity index (χ1v) is 14.0. The molecule has 1 saturated heterocycles. The van der Waals surface area contributed by atoms with E-state index in [1.54, 1.807) is 22.7 Å². The third-order valence-electron chi connectivity index (χ3n) is 5.56. The van der Waals surface area contributed by atoms with Crippen molar-refractivity contribution in [3.63, 3.8) is 0 Å². The first kappa shape index (κ1) is 24.0. The van der Waals surface area contributed by atoms with Crippen molar-refractivity contribution in [3.8, 4) is 0 Å². The highest BCUT2D eigenvalue weighted by Crippen LogP contribution is 2.47. The van der Waals surface area contributed by atoms with Gasteiger partial charge in [-0.25, -0.2) is 8.42 Å². The lowest BCUT2D eigenvalue weighted by Gasteiger charge is -2.30. The Labute approximate surface area is 211 Å². The zero-order chi connectivity index (χ0) is 24.4. The molecule has 1 aromatic heterocycles. The number of esters is 1. The molecule has 0 spiro atoms. The zero-order valence-corrected chi connectivity index (χ0v) is 21.0. The summed E-state index contributed by atoms with van der Waals surface area (Å²) < 4.78 is 37.7. The molecule has 2 aliphatic heterocycles. The Balaban J connectivity index is 1.24. The number of benzene rings is 2. The van der Waals surface area contributed by atoms with Crippen molar-refractivity contribution in [3.05, 3.63) is 65.5 Å². The summed E-state index contributed by atoms with van der Waals surface area (Å²) in [6, 6.07) is 18.3. The topological polar surface area (TPSA) is 93.2 Å². The maximum Gasteiger partial charge on any atom is 0.311 e. The molecule has 11 heteroatoms. The van der Waals surface area contributed by atoms with E-state index in [4.69, 9.17) is 9.47 Å². The van der Waals surface area contributed by atoms with Crippen molar-refractivity contribution in [1.82, 2.24) is 4.31 Å². The summed E-state index contributed by atoms with van der Waals surface area (Å²) in [4.78, 5) is 29.6. The number of amides is 1. The number of fused-ring (bicyclic) bond motifs is 2. The van der Waals surface area contributed by atoms with E-state index >= 15 is 0 Å². The standard InChI is InChI=1S/C24H22N2O6S3/c27-22(26-18-5-1-3-7-20(18)34-21-8-4-2-6-19(21)26)16-32-23(28)15-17-9-10-24(33-17)35(29,30)25-11-13-31-14-12-25/h1-10H,11-16H2. The molecule has 35 heavy (non-hydrogen) atoms. The first-order chi connectivity index (χ1) is 16.9. The van der Waals surface area contributed by atoms with Gasteiger partial charge >= 0.3 is 5.97 Å². The number of nitrogens with zero attached hydrogens (tertiary/aromatic N) is 2. The molecule has 182 valence electrons. The molecular formula is C24H22N2O6S3. The number of hydrogen-bond acceptors (Lipinski definition) is 8. The van der Waals surface area contributed by atoms with Crippen molar-refractivity contribution < 1.29 is 27.5 Å². The quantitative estimate of drug-likeness (QED) is 0.449. The van der Waals surface area contributed by atoms with Crippen molar-refractivity contribution >= 4 is 56.4 Å². The molecule has 0 radical (unpaired) electrons. The molecule has 0 N–H and O–H groups in total. The Hall–Kier alpha value is -2.70. The van der Waals surface area contributed by atoms with Crippen LogP contribution >= 0.6 is 23.1 Å². The number of morpholine rings is 1. The molecule has 2 aliphatic rings. The van der Waals surface area contributed by atoms with Gasteiger partial charge in [0.25, 0.3) is 15.9 Å². The maximum atomic E-state index is 13.1. The van der Waals surface area contributed by atoms with Crippen LogP contribution in [0.1, 0.15) is 4.88 Å². The Morgan fingerprint density at radius 1 is 0.914 bits per heavy atom. The van der Waals surface area contributed by atoms with Gasteiger partial charge in [0.1, 0.15) is 4.21 Å². The number of hydrogen-bond donors (Lipinski definition) is 0. The fourth-order valence-corrected chi connectivity index (χ4v) is 7.84. The van der Waals surface area contributed by atoms with Crippen LogP contribution in [-0.4, -0.2) is 57.5 Å². The highest BCUT2D eigenvalue weighted by atomic mass is 32.2. The van der Waals surface area contributed by atoms with Crippen LogP contribution in [0.5, 0.6) is 0 Å². The highest BCUT2D eigenvalue weighted by molar-refractivity contribution is 7.99. The summed E-state index contributed by atoms with van der Waals surface area (Å²) in [7, 11) is -3.62. The number of para-hydroxylation sites is 2. The molecule has 8 nitrogen and oxygen atoms in total. The third-order valence-corrected chi connectivity index (χ3v) is 10.1. The zero-order valence-electron chi connectivity index (χ0n) is 18.6. The number of sulfonamides is 1. The summed E-state index contributed by atoms with van der Waals surface area (Å²) in [5, 5.41) is 0. The van der Waals surface area contributed by atoms with Gasteiger partial charge in [-0.2, -0.15) is 4.31 Å². The first-order valence-electron chi connectivity index (χ1n) is 10.9. The minimum atomic E-state index is -3.62. The Kier molecular flexibility index (Phi) is 6.94. The van der Waals surface area contributed by atoms with E-state index in [1.165, 1.54) is 10.4 Å². The third kappa shape index (κ3) is 5.00. The largest absolute Gasteiger partial charge is 0.455 e. The van der Waals surface area contributed by atoms with Gasteiger partial charge < -0.3 is 9.47 Å². The average molecular weight is 531 g/mol. The SMILES string of the molecule is O=C(Cc1ccc(S(=O)(=O)N2CCOCC2)s1)OCC(=O)N1c2ccccc2Sc2ccccc21. The van der Waals surface area contributed by atoms with E-state index in [9.17, 15) is 18.0 Å². The van der Waals surface area contributed by atoms with Crippen molar-refractivity contribution in [1.29, 1.82) is 0 Å². The van der Waals surface area contributed by atoms with Crippen LogP contribution in [0.15, 0.2) is 74.7 Å². The molecule has 1 fully saturated rings. The molecule has 2 aromatic carbocycles. The van der Waals surface area contributed by atoms with Crippen LogP contribution in [0.2, 0.25) is 0 Å². The van der Waals surface area contributed by atoms with Crippen LogP contribution in [0.4, 0.5) is 11.4 Å². The van der Waals surface area contributed by atoms with E-state index in [0.717, 1.165) is 32.5 Å². The minimum absolute atomic E-state index is 0.112. The van der Waals surface area contributed by atoms with Crippen LogP contribution in [0, 0.1) is 0 Å². The summed E-state index contributed by atoms with van der Waals surface area (Å²) in [5.74, 6) is -0.955. The van der Waals surface area contributed by atoms with E-state index < -0.39 is 22.6 Å². The maximum absolute atomic E-state index is 13.1. The van der Waals surface area contributed by atoms with Crippen molar-refractivity contribution in [2.45, 2.75) is 20.4 Å². The number of carbonyl (C=O) groups is 2. The molecule has 0 bridgehead atoms. The number of carbonyl (C=O) groups excluding carboxylic acids is 2. The monoisotopic (exact) mass is 530 g/mol. The van der Waals surface area contributed by atoms with Gasteiger partial charge in [0.05, 0.1) is 31.0 Å². The van der Waals surface area contributed by atoms with Crippen molar-refractivity contribution in [2.75, 3.05) is 37.8 Å². The normalized spacial score (nSPS) is 15.8. The second kappa shape index (κ2) is 10.1. The van der Waals surface area contributed by atoms with Gasteiger partial charge in [0.2, 0.25) is 0 Å². The summed E-state index contributed by atoms with van der Waals surface area (Å²) >= 11 is 2.62. The highest BCUT2D eigenvalue weighted by Gasteiger charge is 2.30. The summed E-state index contributed by atoms with van der Waals surface area (Å²) in [6.07, 6.45) is -0.112. The molecule has 5 rings (SSSR count). The van der Waals surface area contributed by atoms with Gasteiger partial charge in [-0.3, -0.25) is 14.5 Å². The van der Waals surface area contributed by atoms with E-state index in [0.29, 0.717) is 31.2 Å². The van der Waals surface area contributed by atoms with E-state index in [2.05, 4.69) is 0 Å². The Morgan fingerprint density at radius 3 is 2.20 bits per heavy atom. The number of anilines is 2. The Morgan fingerprint density at radius 2 is 1.54 bits per heavy atom. The summed E-state index contributed by atoms with van der Waals surface area (Å²) in [6.45, 7) is 0.920. The van der Waals surface area contributed by atoms with Gasteiger partial charge in [-0.1, -0.05) is 36.0 Å². The van der Waals surface area contributed by atoms with E-state index in [-0.39, 0.29) is 16.5 Å². The van der Waals surface area contributed by atoms with Crippen molar-refractivity contribution in [2.24, 2.45) is 0 Å². The van der Waals surface area contributed by atoms with Crippen LogP contribution < -0.4 is 4.90 Å². The lowest BCUT2D eigenvalue weighted by atomic mass is 10.2. The van der Waals surface area contributed by atoms with Crippen LogP contribution in [0.3, 0.4) is 0 Å². The molecule has 0 aliphatic carbocycles. The predicted molar refractivity (Wildman–Crippen MR) is 133 cm³/mol. The number of thiophene rings is 1. The second-order valence-corrected chi connectivity index (χ2v) is 12.3. The lowest BCUT2D eigenvalue weighted by molar-refractivity contribution is -0.146. The summed E-state index contributed by atoms with van der Waals surface area (Å²) in [5.41, 5.74) is 1.49. The molecule has 3 aromatic rings. The lowest BCUT2D eigenvalue weighted by Crippen LogP contribution is -2.40. The second-order valence-electron chi connectivity index (χ2n) is 7.84. The minimum Gasteiger partial charge on any atom is -0.455 e. The molecule has 0 atom stereocenters. The van der Waals surface area contributed by atoms with E-state index in [1.807, 2.05) is 48.5 Å². The number of ether oxygens (including phenoxy) is 2. The fraction of sp³-hybridized carbons (Fsp3) is 0.250. The smallest absolute Gasteiger partial charge is 0.311 e. The van der Waals surface area contributed by atoms with Gasteiger partial charge in [0.15, 0.2) is 6.61 Å². The molecule has 0 saturated carbocycles. The fourth-order valence-electron chi connectivity index (χ4n) is 3.88. The predicted octanol–water partition coefficient (Wildman–Crippen LogP) is 3.68. The van der Waals surface area contributed by atoms with Crippen LogP contribution in [0.25, 0.3) is 0 Å². The van der Waals surface area contributed by atoms with Gasteiger partial charge in [-0.05, 0) is 36.4 Å². The number of rotatable bonds is 6. The molecule has 3 heterocycles. The molecule has 1 amide bonds.